The van der Waals surface area contributed by atoms with Crippen LogP contribution in [-0.4, -0.2) is 36.5 Å². The largest absolute Gasteiger partial charge is 0.324 e. The second kappa shape index (κ2) is 13.2. The third-order valence-corrected chi connectivity index (χ3v) is 7.54. The normalized spacial score (nSPS) is 14.0. The Morgan fingerprint density at radius 3 is 1.59 bits per heavy atom. The number of nitrogens with zero attached hydrogens (tertiary/aromatic N) is 6. The third-order valence-electron chi connectivity index (χ3n) is 7.03. The number of anilines is 6. The summed E-state index contributed by atoms with van der Waals surface area (Å²) in [5, 5.41) is 27.9. The molecule has 46 heavy (non-hydrogen) atoms. The lowest BCUT2D eigenvalue weighted by Gasteiger charge is -2.20. The number of amides is 1. The van der Waals surface area contributed by atoms with E-state index in [2.05, 4.69) is 36.0 Å². The van der Waals surface area contributed by atoms with Crippen LogP contribution in [-0.2, 0) is 4.79 Å². The molecule has 14 heteroatoms. The van der Waals surface area contributed by atoms with Gasteiger partial charge in [0.05, 0.1) is 16.7 Å². The number of hydrazone groups is 1. The number of nitrogens with one attached hydrogen (secondary N) is 3. The molecule has 0 saturated heterocycles. The van der Waals surface area contributed by atoms with Crippen molar-refractivity contribution in [3.05, 3.63) is 128 Å². The van der Waals surface area contributed by atoms with E-state index in [4.69, 9.17) is 23.2 Å². The van der Waals surface area contributed by atoms with E-state index in [1.165, 1.54) is 24.1 Å². The van der Waals surface area contributed by atoms with Gasteiger partial charge >= 0.3 is 0 Å². The molecule has 0 radical (unpaired) electrons. The van der Waals surface area contributed by atoms with E-state index in [1.54, 1.807) is 36.4 Å². The summed E-state index contributed by atoms with van der Waals surface area (Å²) in [6, 6.07) is 27.6. The molecule has 1 aromatic heterocycles. The van der Waals surface area contributed by atoms with Gasteiger partial charge in [0.25, 0.3) is 5.69 Å². The predicted octanol–water partition coefficient (Wildman–Crippen LogP) is 8.02. The van der Waals surface area contributed by atoms with E-state index in [9.17, 15) is 14.9 Å². The first-order valence-corrected chi connectivity index (χ1v) is 14.8. The van der Waals surface area contributed by atoms with E-state index < -0.39 is 4.92 Å². The SMILES string of the molecule is CC(=O)N1N=C(c2ccc(Nc3nc(Nc4ccc(Cl)cc4)nc(Nc4ccc(Cl)cc4)n3)cc2)CC1c1ccc([N+](=O)[O-])cc1. The van der Waals surface area contributed by atoms with Gasteiger partial charge in [0.2, 0.25) is 23.8 Å². The molecule has 0 saturated carbocycles. The maximum Gasteiger partial charge on any atom is 0.269 e. The highest BCUT2D eigenvalue weighted by Gasteiger charge is 2.31. The van der Waals surface area contributed by atoms with Crippen LogP contribution in [0.4, 0.5) is 40.6 Å². The van der Waals surface area contributed by atoms with Gasteiger partial charge in [0, 0.05) is 52.6 Å². The van der Waals surface area contributed by atoms with Crippen molar-refractivity contribution in [2.24, 2.45) is 5.10 Å². The van der Waals surface area contributed by atoms with Crippen molar-refractivity contribution < 1.29 is 9.72 Å². The van der Waals surface area contributed by atoms with Crippen LogP contribution in [0.1, 0.15) is 30.5 Å². The van der Waals surface area contributed by atoms with Crippen molar-refractivity contribution in [2.75, 3.05) is 16.0 Å². The average molecular weight is 655 g/mol. The highest BCUT2D eigenvalue weighted by atomic mass is 35.5. The fraction of sp³-hybridized carbons (Fsp3) is 0.0938. The van der Waals surface area contributed by atoms with Gasteiger partial charge in [0.15, 0.2) is 0 Å². The average Bonchev–Trinajstić information content (AvgIpc) is 3.50. The van der Waals surface area contributed by atoms with E-state index in [1.807, 2.05) is 48.5 Å². The number of halogens is 2. The van der Waals surface area contributed by atoms with Gasteiger partial charge in [-0.05, 0) is 71.8 Å². The van der Waals surface area contributed by atoms with Crippen LogP contribution in [0.2, 0.25) is 10.0 Å². The Morgan fingerprint density at radius 1 is 0.739 bits per heavy atom. The summed E-state index contributed by atoms with van der Waals surface area (Å²) in [6.45, 7) is 1.44. The molecular weight excluding hydrogens is 629 g/mol. The molecule has 230 valence electrons. The minimum Gasteiger partial charge on any atom is -0.324 e. The number of nitro benzene ring substituents is 1. The van der Waals surface area contributed by atoms with Crippen LogP contribution in [0.15, 0.2) is 102 Å². The Balaban J connectivity index is 1.22. The number of hydrogen-bond acceptors (Lipinski definition) is 10. The molecule has 3 N–H and O–H groups in total. The van der Waals surface area contributed by atoms with Crippen LogP contribution in [0.25, 0.3) is 0 Å². The maximum absolute atomic E-state index is 12.4. The number of rotatable bonds is 9. The summed E-state index contributed by atoms with van der Waals surface area (Å²) in [6.07, 6.45) is 0.455. The summed E-state index contributed by atoms with van der Waals surface area (Å²) in [5.74, 6) is 0.664. The molecule has 6 rings (SSSR count). The van der Waals surface area contributed by atoms with Gasteiger partial charge < -0.3 is 16.0 Å². The molecule has 0 bridgehead atoms. The van der Waals surface area contributed by atoms with E-state index in [0.717, 1.165) is 22.5 Å². The number of aromatic nitrogens is 3. The van der Waals surface area contributed by atoms with Gasteiger partial charge in [-0.1, -0.05) is 47.5 Å². The fourth-order valence-corrected chi connectivity index (χ4v) is 5.05. The Labute approximate surface area is 273 Å². The van der Waals surface area contributed by atoms with Crippen molar-refractivity contribution in [3.8, 4) is 0 Å². The first-order valence-electron chi connectivity index (χ1n) is 14.0. The minimum absolute atomic E-state index is 0.0145. The number of benzene rings is 4. The molecule has 4 aromatic carbocycles. The number of nitro groups is 1. The highest BCUT2D eigenvalue weighted by molar-refractivity contribution is 6.30. The zero-order valence-electron chi connectivity index (χ0n) is 24.2. The van der Waals surface area contributed by atoms with Gasteiger partial charge in [-0.15, -0.1) is 0 Å². The second-order valence-corrected chi connectivity index (χ2v) is 11.1. The zero-order chi connectivity index (χ0) is 32.2. The van der Waals surface area contributed by atoms with Gasteiger partial charge in [-0.2, -0.15) is 20.1 Å². The molecule has 12 nitrogen and oxygen atoms in total. The molecule has 1 amide bonds. The molecule has 1 aliphatic rings. The van der Waals surface area contributed by atoms with E-state index in [0.29, 0.717) is 39.8 Å². The quantitative estimate of drug-likeness (QED) is 0.106. The molecule has 0 fully saturated rings. The van der Waals surface area contributed by atoms with Crippen LogP contribution < -0.4 is 16.0 Å². The third kappa shape index (κ3) is 7.20. The Bertz CT molecular complexity index is 1850. The molecule has 1 atom stereocenters. The van der Waals surface area contributed by atoms with Crippen LogP contribution >= 0.6 is 23.2 Å². The van der Waals surface area contributed by atoms with Crippen molar-refractivity contribution in [1.29, 1.82) is 0 Å². The fourth-order valence-electron chi connectivity index (χ4n) is 4.80. The molecule has 1 aliphatic heterocycles. The predicted molar refractivity (Wildman–Crippen MR) is 179 cm³/mol. The van der Waals surface area contributed by atoms with E-state index in [-0.39, 0.29) is 23.6 Å². The Morgan fingerprint density at radius 2 is 1.17 bits per heavy atom. The summed E-state index contributed by atoms with van der Waals surface area (Å²) in [4.78, 5) is 36.6. The lowest BCUT2D eigenvalue weighted by molar-refractivity contribution is -0.384. The minimum atomic E-state index is -0.455. The van der Waals surface area contributed by atoms with Crippen LogP contribution in [0.3, 0.4) is 0 Å². The Kier molecular flexibility index (Phi) is 8.72. The number of carbonyl (C=O) groups excluding carboxylic acids is 1. The topological polar surface area (TPSA) is 151 Å². The first-order chi connectivity index (χ1) is 22.2. The van der Waals surface area contributed by atoms with Crippen molar-refractivity contribution in [3.63, 3.8) is 0 Å². The monoisotopic (exact) mass is 653 g/mol. The van der Waals surface area contributed by atoms with Gasteiger partial charge in [-0.25, -0.2) is 5.01 Å². The van der Waals surface area contributed by atoms with E-state index >= 15 is 0 Å². The molecule has 1 unspecified atom stereocenters. The van der Waals surface area contributed by atoms with Crippen LogP contribution in [0, 0.1) is 10.1 Å². The first kappa shape index (κ1) is 30.4. The zero-order valence-corrected chi connectivity index (χ0v) is 25.7. The number of hydrogen-bond donors (Lipinski definition) is 3. The maximum atomic E-state index is 12.4. The van der Waals surface area contributed by atoms with Crippen molar-refractivity contribution in [1.82, 2.24) is 20.0 Å². The number of non-ortho nitro benzene ring substituents is 1. The van der Waals surface area contributed by atoms with Crippen molar-refractivity contribution in [2.45, 2.75) is 19.4 Å². The molecular formula is C32H25Cl2N9O3. The summed E-state index contributed by atoms with van der Waals surface area (Å²) >= 11 is 12.1. The molecule has 0 spiro atoms. The summed E-state index contributed by atoms with van der Waals surface area (Å²) in [7, 11) is 0. The van der Waals surface area contributed by atoms with Crippen molar-refractivity contribution >= 4 is 75.4 Å². The van der Waals surface area contributed by atoms with Gasteiger partial charge in [0.1, 0.15) is 0 Å². The lowest BCUT2D eigenvalue weighted by atomic mass is 9.98. The van der Waals surface area contributed by atoms with Crippen LogP contribution in [0.5, 0.6) is 0 Å². The molecule has 0 aliphatic carbocycles. The molecule has 5 aromatic rings. The van der Waals surface area contributed by atoms with Gasteiger partial charge in [-0.3, -0.25) is 14.9 Å². The standard InChI is InChI=1S/C32H25Cl2N9O3/c1-19(44)42-29(21-4-16-27(17-5-21)43(45)46)18-28(41-42)20-2-10-24(11-3-20)35-30-38-31(36-25-12-6-22(33)7-13-25)40-32(39-30)37-26-14-8-23(34)9-15-26/h2-17,29H,18H2,1H3,(H3,35,36,37,38,39,40). The molecule has 2 heterocycles. The Hall–Kier alpha value is -5.59. The lowest BCUT2D eigenvalue weighted by Crippen LogP contribution is -2.24. The summed E-state index contributed by atoms with van der Waals surface area (Å²) in [5.41, 5.74) is 4.48. The summed E-state index contributed by atoms with van der Waals surface area (Å²) < 4.78 is 0. The highest BCUT2D eigenvalue weighted by Crippen LogP contribution is 2.34. The second-order valence-electron chi connectivity index (χ2n) is 10.3. The number of carbonyl (C=O) groups is 1. The smallest absolute Gasteiger partial charge is 0.269 e.